The molecular formula is C12H16N2O5S. The summed E-state index contributed by atoms with van der Waals surface area (Å²) in [7, 11) is -3.49. The Balaban J connectivity index is 2.51. The molecule has 0 bridgehead atoms. The van der Waals surface area contributed by atoms with Crippen LogP contribution in [-0.4, -0.2) is 43.9 Å². The van der Waals surface area contributed by atoms with Gasteiger partial charge in [-0.2, -0.15) is 0 Å². The van der Waals surface area contributed by atoms with Crippen LogP contribution in [0.3, 0.4) is 0 Å². The largest absolute Gasteiger partial charge is 0.394 e. The van der Waals surface area contributed by atoms with Crippen LogP contribution in [0.1, 0.15) is 12.8 Å². The van der Waals surface area contributed by atoms with Crippen molar-refractivity contribution in [3.63, 3.8) is 0 Å². The Kier molecular flexibility index (Phi) is 3.96. The maximum atomic E-state index is 11.5. The van der Waals surface area contributed by atoms with Crippen molar-refractivity contribution in [2.45, 2.75) is 23.8 Å². The Morgan fingerprint density at radius 2 is 2.20 bits per heavy atom. The van der Waals surface area contributed by atoms with Crippen molar-refractivity contribution in [1.82, 2.24) is 0 Å². The minimum absolute atomic E-state index is 0.0762. The highest BCUT2D eigenvalue weighted by atomic mass is 32.2. The molecule has 0 amide bonds. The molecule has 1 aromatic carbocycles. The quantitative estimate of drug-likeness (QED) is 0.656. The zero-order valence-electron chi connectivity index (χ0n) is 11.0. The predicted octanol–water partition coefficient (Wildman–Crippen LogP) is 0.959. The van der Waals surface area contributed by atoms with E-state index in [0.717, 1.165) is 25.2 Å². The number of hydrogen-bond acceptors (Lipinski definition) is 6. The third-order valence-electron chi connectivity index (χ3n) is 3.47. The molecule has 0 saturated carbocycles. The van der Waals surface area contributed by atoms with Crippen LogP contribution < -0.4 is 4.90 Å². The van der Waals surface area contributed by atoms with Gasteiger partial charge in [-0.25, -0.2) is 8.42 Å². The van der Waals surface area contributed by atoms with Crippen LogP contribution in [0, 0.1) is 10.1 Å². The normalized spacial score (nSPS) is 19.3. The van der Waals surface area contributed by atoms with E-state index in [1.807, 2.05) is 0 Å². The fourth-order valence-electron chi connectivity index (χ4n) is 2.47. The van der Waals surface area contributed by atoms with Crippen LogP contribution in [0.5, 0.6) is 0 Å². The second-order valence-corrected chi connectivity index (χ2v) is 6.87. The molecular weight excluding hydrogens is 284 g/mol. The summed E-state index contributed by atoms with van der Waals surface area (Å²) < 4.78 is 23.0. The van der Waals surface area contributed by atoms with E-state index in [0.29, 0.717) is 12.2 Å². The topological polar surface area (TPSA) is 101 Å². The molecule has 1 fully saturated rings. The van der Waals surface area contributed by atoms with Crippen LogP contribution in [0.25, 0.3) is 0 Å². The van der Waals surface area contributed by atoms with Gasteiger partial charge in [0.15, 0.2) is 9.84 Å². The van der Waals surface area contributed by atoms with E-state index < -0.39 is 14.8 Å². The maximum Gasteiger partial charge on any atom is 0.293 e. The number of nitro benzene ring substituents is 1. The van der Waals surface area contributed by atoms with Crippen molar-refractivity contribution >= 4 is 21.2 Å². The number of aliphatic hydroxyl groups is 1. The monoisotopic (exact) mass is 300 g/mol. The number of benzene rings is 1. The van der Waals surface area contributed by atoms with Gasteiger partial charge in [0.25, 0.3) is 5.69 Å². The molecule has 0 aromatic heterocycles. The molecule has 110 valence electrons. The van der Waals surface area contributed by atoms with Crippen molar-refractivity contribution in [3.8, 4) is 0 Å². The van der Waals surface area contributed by atoms with Gasteiger partial charge in [-0.1, -0.05) is 0 Å². The second-order valence-electron chi connectivity index (χ2n) is 4.85. The first kappa shape index (κ1) is 14.7. The minimum Gasteiger partial charge on any atom is -0.394 e. The lowest BCUT2D eigenvalue weighted by Crippen LogP contribution is -2.32. The number of sulfone groups is 1. The highest BCUT2D eigenvalue weighted by molar-refractivity contribution is 7.90. The summed E-state index contributed by atoms with van der Waals surface area (Å²) in [5, 5.41) is 20.5. The van der Waals surface area contributed by atoms with E-state index in [2.05, 4.69) is 0 Å². The van der Waals surface area contributed by atoms with Crippen molar-refractivity contribution < 1.29 is 18.4 Å². The van der Waals surface area contributed by atoms with Gasteiger partial charge in [0.1, 0.15) is 5.69 Å². The fourth-order valence-corrected chi connectivity index (χ4v) is 3.11. The van der Waals surface area contributed by atoms with Crippen molar-refractivity contribution in [2.24, 2.45) is 0 Å². The lowest BCUT2D eigenvalue weighted by molar-refractivity contribution is -0.384. The third-order valence-corrected chi connectivity index (χ3v) is 4.58. The molecule has 1 aromatic rings. The predicted molar refractivity (Wildman–Crippen MR) is 73.7 cm³/mol. The van der Waals surface area contributed by atoms with Crippen LogP contribution in [-0.2, 0) is 9.84 Å². The molecule has 1 N–H and O–H groups in total. The van der Waals surface area contributed by atoms with Crippen molar-refractivity contribution in [3.05, 3.63) is 28.3 Å². The van der Waals surface area contributed by atoms with Crippen LogP contribution in [0.15, 0.2) is 23.1 Å². The Hall–Kier alpha value is -1.67. The highest BCUT2D eigenvalue weighted by Crippen LogP contribution is 2.35. The highest BCUT2D eigenvalue weighted by Gasteiger charge is 2.30. The van der Waals surface area contributed by atoms with E-state index in [-0.39, 0.29) is 23.2 Å². The maximum absolute atomic E-state index is 11.5. The number of hydrogen-bond donors (Lipinski definition) is 1. The zero-order chi connectivity index (χ0) is 14.9. The van der Waals surface area contributed by atoms with Crippen LogP contribution in [0.4, 0.5) is 11.4 Å². The summed E-state index contributed by atoms with van der Waals surface area (Å²) in [5.74, 6) is 0. The Bertz CT molecular complexity index is 629. The lowest BCUT2D eigenvalue weighted by atomic mass is 10.2. The molecule has 0 spiro atoms. The Labute approximate surface area is 116 Å². The number of nitro groups is 1. The Morgan fingerprint density at radius 3 is 2.75 bits per heavy atom. The average molecular weight is 300 g/mol. The van der Waals surface area contributed by atoms with Crippen LogP contribution in [0.2, 0.25) is 0 Å². The van der Waals surface area contributed by atoms with Gasteiger partial charge >= 0.3 is 0 Å². The van der Waals surface area contributed by atoms with Gasteiger partial charge in [0.2, 0.25) is 0 Å². The van der Waals surface area contributed by atoms with E-state index in [1.165, 1.54) is 12.1 Å². The molecule has 1 aliphatic rings. The molecule has 1 unspecified atom stereocenters. The van der Waals surface area contributed by atoms with Gasteiger partial charge in [0, 0.05) is 18.9 Å². The molecule has 8 heteroatoms. The summed E-state index contributed by atoms with van der Waals surface area (Å²) in [5.41, 5.74) is 0.118. The average Bonchev–Trinajstić information content (AvgIpc) is 2.84. The summed E-state index contributed by atoms with van der Waals surface area (Å²) in [6.07, 6.45) is 2.62. The molecule has 7 nitrogen and oxygen atoms in total. The van der Waals surface area contributed by atoms with Crippen LogP contribution >= 0.6 is 0 Å². The number of anilines is 1. The van der Waals surface area contributed by atoms with E-state index in [1.54, 1.807) is 4.90 Å². The lowest BCUT2D eigenvalue weighted by Gasteiger charge is -2.25. The summed E-state index contributed by atoms with van der Waals surface area (Å²) in [6.45, 7) is 0.537. The standard InChI is InChI=1S/C12H16N2O5S/c1-20(18,19)10-4-5-11(12(7-10)14(16)17)13-6-2-3-9(13)8-15/h4-5,7,9,15H,2-3,6,8H2,1H3. The molecule has 0 aliphatic carbocycles. The first-order chi connectivity index (χ1) is 9.34. The number of rotatable bonds is 4. The SMILES string of the molecule is CS(=O)(=O)c1ccc(N2CCCC2CO)c([N+](=O)[O-])c1. The van der Waals surface area contributed by atoms with Gasteiger partial charge < -0.3 is 10.0 Å². The molecule has 1 atom stereocenters. The first-order valence-corrected chi connectivity index (χ1v) is 8.09. The number of aliphatic hydroxyl groups excluding tert-OH is 1. The fraction of sp³-hybridized carbons (Fsp3) is 0.500. The molecule has 1 aliphatic heterocycles. The molecule has 0 radical (unpaired) electrons. The van der Waals surface area contributed by atoms with E-state index in [4.69, 9.17) is 0 Å². The van der Waals surface area contributed by atoms with E-state index >= 15 is 0 Å². The number of nitrogens with zero attached hydrogens (tertiary/aromatic N) is 2. The van der Waals surface area contributed by atoms with Gasteiger partial charge in [0.05, 0.1) is 22.5 Å². The molecule has 20 heavy (non-hydrogen) atoms. The van der Waals surface area contributed by atoms with Gasteiger partial charge in [-0.15, -0.1) is 0 Å². The third kappa shape index (κ3) is 2.75. The van der Waals surface area contributed by atoms with Gasteiger partial charge in [-0.3, -0.25) is 10.1 Å². The van der Waals surface area contributed by atoms with E-state index in [9.17, 15) is 23.6 Å². The van der Waals surface area contributed by atoms with Gasteiger partial charge in [-0.05, 0) is 25.0 Å². The minimum atomic E-state index is -3.49. The summed E-state index contributed by atoms with van der Waals surface area (Å²) in [4.78, 5) is 12.3. The Morgan fingerprint density at radius 1 is 1.50 bits per heavy atom. The molecule has 1 saturated heterocycles. The smallest absolute Gasteiger partial charge is 0.293 e. The zero-order valence-corrected chi connectivity index (χ0v) is 11.8. The summed E-state index contributed by atoms with van der Waals surface area (Å²) in [6, 6.07) is 3.74. The van der Waals surface area contributed by atoms with Crippen molar-refractivity contribution in [1.29, 1.82) is 0 Å². The summed E-state index contributed by atoms with van der Waals surface area (Å²) >= 11 is 0. The van der Waals surface area contributed by atoms with Crippen molar-refractivity contribution in [2.75, 3.05) is 24.3 Å². The molecule has 1 heterocycles. The first-order valence-electron chi connectivity index (χ1n) is 6.20. The second kappa shape index (κ2) is 5.37. The molecule has 2 rings (SSSR count).